The third-order valence-corrected chi connectivity index (χ3v) is 5.12. The number of hydrogen-bond donors (Lipinski definition) is 2. The summed E-state index contributed by atoms with van der Waals surface area (Å²) in [6.07, 6.45) is 3.60. The van der Waals surface area contributed by atoms with Crippen molar-refractivity contribution < 1.29 is 9.21 Å². The highest BCUT2D eigenvalue weighted by molar-refractivity contribution is 7.11. The van der Waals surface area contributed by atoms with Crippen LogP contribution < -0.4 is 10.6 Å². The minimum atomic E-state index is -0.233. The number of hydrogen-bond acceptors (Lipinski definition) is 8. The van der Waals surface area contributed by atoms with Gasteiger partial charge in [-0.25, -0.2) is 9.97 Å². The zero-order chi connectivity index (χ0) is 17.6. The molecule has 1 amide bonds. The fourth-order valence-electron chi connectivity index (χ4n) is 2.66. The topological polar surface area (TPSA) is 106 Å². The zero-order valence-corrected chi connectivity index (χ0v) is 15.0. The minimum Gasteiger partial charge on any atom is -0.442 e. The first-order valence-corrected chi connectivity index (χ1v) is 8.86. The Kier molecular flexibility index (Phi) is 3.68. The van der Waals surface area contributed by atoms with Gasteiger partial charge in [-0.05, 0) is 33.6 Å². The molecule has 9 heteroatoms. The molecule has 0 bridgehead atoms. The molecule has 8 nitrogen and oxygen atoms in total. The number of nitrogens with zero attached hydrogens (tertiary/aromatic N) is 4. The lowest BCUT2D eigenvalue weighted by Gasteiger charge is -2.13. The SMILES string of the molecule is Cc1nnc(CNC(=O)c2c(C)oc3ncnc(NC4(C)CC4)c23)s1. The quantitative estimate of drug-likeness (QED) is 0.722. The molecule has 0 aromatic carbocycles. The van der Waals surface area contributed by atoms with Crippen molar-refractivity contribution in [1.82, 2.24) is 25.5 Å². The molecule has 3 aromatic heterocycles. The Morgan fingerprint density at radius 3 is 2.80 bits per heavy atom. The van der Waals surface area contributed by atoms with Crippen LogP contribution in [0.1, 0.15) is 45.9 Å². The molecule has 0 atom stereocenters. The lowest BCUT2D eigenvalue weighted by Crippen LogP contribution is -2.24. The van der Waals surface area contributed by atoms with E-state index in [1.807, 2.05) is 6.92 Å². The first kappa shape index (κ1) is 15.9. The first-order valence-electron chi connectivity index (χ1n) is 8.05. The monoisotopic (exact) mass is 358 g/mol. The van der Waals surface area contributed by atoms with Gasteiger partial charge in [0.2, 0.25) is 5.71 Å². The van der Waals surface area contributed by atoms with Crippen molar-refractivity contribution in [1.29, 1.82) is 0 Å². The van der Waals surface area contributed by atoms with Crippen LogP contribution in [0.3, 0.4) is 0 Å². The van der Waals surface area contributed by atoms with Crippen molar-refractivity contribution in [2.45, 2.75) is 45.7 Å². The second kappa shape index (κ2) is 5.76. The maximum absolute atomic E-state index is 12.8. The maximum atomic E-state index is 12.8. The molecule has 0 spiro atoms. The molecule has 0 aliphatic heterocycles. The number of amides is 1. The number of fused-ring (bicyclic) bond motifs is 1. The number of aromatic nitrogens is 4. The Hall–Kier alpha value is -2.55. The molecule has 2 N–H and O–H groups in total. The average molecular weight is 358 g/mol. The highest BCUT2D eigenvalue weighted by Crippen LogP contribution is 2.40. The summed E-state index contributed by atoms with van der Waals surface area (Å²) in [5.74, 6) is 0.923. The highest BCUT2D eigenvalue weighted by atomic mass is 32.1. The van der Waals surface area contributed by atoms with E-state index in [1.54, 1.807) is 6.92 Å². The Labute approximate surface area is 148 Å². The zero-order valence-electron chi connectivity index (χ0n) is 14.2. The van der Waals surface area contributed by atoms with E-state index in [-0.39, 0.29) is 11.4 Å². The molecule has 1 aliphatic rings. The number of carbonyl (C=O) groups excluding carboxylic acids is 1. The summed E-state index contributed by atoms with van der Waals surface area (Å²) in [5, 5.41) is 16.5. The largest absolute Gasteiger partial charge is 0.442 e. The van der Waals surface area contributed by atoms with Gasteiger partial charge in [0.15, 0.2) is 0 Å². The third-order valence-electron chi connectivity index (χ3n) is 4.28. The number of nitrogens with one attached hydrogen (secondary N) is 2. The molecular formula is C16H18N6O2S. The van der Waals surface area contributed by atoms with Crippen molar-refractivity contribution in [3.63, 3.8) is 0 Å². The summed E-state index contributed by atoms with van der Waals surface area (Å²) < 4.78 is 5.67. The predicted octanol–water partition coefficient (Wildman–Crippen LogP) is 2.59. The van der Waals surface area contributed by atoms with E-state index in [9.17, 15) is 4.79 Å². The minimum absolute atomic E-state index is 0.0320. The molecule has 1 fully saturated rings. The van der Waals surface area contributed by atoms with Crippen molar-refractivity contribution in [3.05, 3.63) is 27.7 Å². The fraction of sp³-hybridized carbons (Fsp3) is 0.438. The van der Waals surface area contributed by atoms with Crippen molar-refractivity contribution >= 4 is 34.2 Å². The maximum Gasteiger partial charge on any atom is 0.256 e. The van der Waals surface area contributed by atoms with Crippen molar-refractivity contribution in [2.75, 3.05) is 5.32 Å². The van der Waals surface area contributed by atoms with Gasteiger partial charge in [-0.1, -0.05) is 11.3 Å². The number of furan rings is 1. The molecule has 0 radical (unpaired) electrons. The summed E-state index contributed by atoms with van der Waals surface area (Å²) in [5.41, 5.74) is 0.907. The van der Waals surface area contributed by atoms with Gasteiger partial charge < -0.3 is 15.1 Å². The molecule has 1 aliphatic carbocycles. The van der Waals surface area contributed by atoms with Gasteiger partial charge in [0.05, 0.1) is 17.5 Å². The van der Waals surface area contributed by atoms with E-state index in [2.05, 4.69) is 37.7 Å². The van der Waals surface area contributed by atoms with E-state index in [1.165, 1.54) is 17.7 Å². The molecular weight excluding hydrogens is 340 g/mol. The summed E-state index contributed by atoms with van der Waals surface area (Å²) in [6, 6.07) is 0. The van der Waals surface area contributed by atoms with Crippen molar-refractivity contribution in [3.8, 4) is 0 Å². The van der Waals surface area contributed by atoms with Gasteiger partial charge in [-0.15, -0.1) is 10.2 Å². The van der Waals surface area contributed by atoms with E-state index >= 15 is 0 Å². The Balaban J connectivity index is 1.65. The van der Waals surface area contributed by atoms with Gasteiger partial charge in [0, 0.05) is 5.54 Å². The van der Waals surface area contributed by atoms with Crippen LogP contribution >= 0.6 is 11.3 Å². The van der Waals surface area contributed by atoms with Crippen LogP contribution in [0.25, 0.3) is 11.1 Å². The summed E-state index contributed by atoms with van der Waals surface area (Å²) in [7, 11) is 0. The third kappa shape index (κ3) is 3.07. The normalized spacial score (nSPS) is 15.3. The predicted molar refractivity (Wildman–Crippen MR) is 93.6 cm³/mol. The van der Waals surface area contributed by atoms with E-state index in [4.69, 9.17) is 4.42 Å². The summed E-state index contributed by atoms with van der Waals surface area (Å²) >= 11 is 1.46. The van der Waals surface area contributed by atoms with Gasteiger partial charge in [-0.3, -0.25) is 4.79 Å². The van der Waals surface area contributed by atoms with Gasteiger partial charge in [0.1, 0.15) is 27.9 Å². The molecule has 1 saturated carbocycles. The standard InChI is InChI=1S/C16H18N6O2S/c1-8-11(14(23)17-6-10-22-21-9(2)25-10)12-13(20-16(3)4-5-16)18-7-19-15(12)24-8/h7H,4-6H2,1-3H3,(H,17,23)(H,18,19,20). The molecule has 0 saturated heterocycles. The molecule has 0 unspecified atom stereocenters. The number of rotatable bonds is 5. The van der Waals surface area contributed by atoms with Crippen LogP contribution in [0.5, 0.6) is 0 Å². The highest BCUT2D eigenvalue weighted by Gasteiger charge is 2.38. The fourth-order valence-corrected chi connectivity index (χ4v) is 3.31. The van der Waals surface area contributed by atoms with E-state index in [0.717, 1.165) is 22.9 Å². The first-order chi connectivity index (χ1) is 12.0. The Bertz CT molecular complexity index is 959. The van der Waals surface area contributed by atoms with Crippen LogP contribution in [-0.4, -0.2) is 31.6 Å². The van der Waals surface area contributed by atoms with Crippen LogP contribution in [0, 0.1) is 13.8 Å². The number of anilines is 1. The second-order valence-electron chi connectivity index (χ2n) is 6.52. The Morgan fingerprint density at radius 2 is 2.12 bits per heavy atom. The van der Waals surface area contributed by atoms with Gasteiger partial charge >= 0.3 is 0 Å². The van der Waals surface area contributed by atoms with Crippen molar-refractivity contribution in [2.24, 2.45) is 0 Å². The van der Waals surface area contributed by atoms with Gasteiger partial charge in [-0.2, -0.15) is 0 Å². The molecule has 4 rings (SSSR count). The summed E-state index contributed by atoms with van der Waals surface area (Å²) in [4.78, 5) is 21.2. The Morgan fingerprint density at radius 1 is 1.32 bits per heavy atom. The van der Waals surface area contributed by atoms with Crippen LogP contribution in [-0.2, 0) is 6.54 Å². The van der Waals surface area contributed by atoms with E-state index < -0.39 is 0 Å². The van der Waals surface area contributed by atoms with Crippen LogP contribution in [0.15, 0.2) is 10.7 Å². The lowest BCUT2D eigenvalue weighted by atomic mass is 10.1. The molecule has 3 aromatic rings. The van der Waals surface area contributed by atoms with Crippen LogP contribution in [0.2, 0.25) is 0 Å². The lowest BCUT2D eigenvalue weighted by molar-refractivity contribution is 0.0950. The van der Waals surface area contributed by atoms with Gasteiger partial charge in [0.25, 0.3) is 5.91 Å². The second-order valence-corrected chi connectivity index (χ2v) is 7.79. The summed E-state index contributed by atoms with van der Waals surface area (Å²) in [6.45, 7) is 6.09. The number of carbonyl (C=O) groups is 1. The smallest absolute Gasteiger partial charge is 0.256 e. The molecule has 25 heavy (non-hydrogen) atoms. The number of aryl methyl sites for hydroxylation is 2. The van der Waals surface area contributed by atoms with E-state index in [0.29, 0.717) is 34.8 Å². The average Bonchev–Trinajstić information content (AvgIpc) is 2.99. The molecule has 3 heterocycles. The molecule has 130 valence electrons. The van der Waals surface area contributed by atoms with Crippen LogP contribution in [0.4, 0.5) is 5.82 Å².